The van der Waals surface area contributed by atoms with Crippen LogP contribution in [0.1, 0.15) is 35.6 Å². The second-order valence-electron chi connectivity index (χ2n) is 6.84. The molecule has 2 unspecified atom stereocenters. The molecule has 2 atom stereocenters. The van der Waals surface area contributed by atoms with Crippen molar-refractivity contribution in [2.45, 2.75) is 31.7 Å². The number of para-hydroxylation sites is 1. The summed E-state index contributed by atoms with van der Waals surface area (Å²) in [7, 11) is 0. The Bertz CT molecular complexity index is 776. The summed E-state index contributed by atoms with van der Waals surface area (Å²) in [6, 6.07) is 16.8. The number of amides is 1. The Morgan fingerprint density at radius 2 is 1.88 bits per heavy atom. The molecule has 0 bridgehead atoms. The van der Waals surface area contributed by atoms with Crippen molar-refractivity contribution in [3.05, 3.63) is 65.2 Å². The lowest BCUT2D eigenvalue weighted by atomic mass is 9.97. The molecule has 1 fully saturated rings. The Labute approximate surface area is 153 Å². The summed E-state index contributed by atoms with van der Waals surface area (Å²) in [6.07, 6.45) is 3.74. The van der Waals surface area contributed by atoms with Crippen LogP contribution < -0.4 is 4.74 Å². The molecular formula is C21H22ClNO2. The van der Waals surface area contributed by atoms with Crippen molar-refractivity contribution in [1.82, 2.24) is 4.90 Å². The summed E-state index contributed by atoms with van der Waals surface area (Å²) in [5.41, 5.74) is 3.79. The third kappa shape index (κ3) is 3.13. The highest BCUT2D eigenvalue weighted by molar-refractivity contribution is 6.17. The molecule has 4 heteroatoms. The number of carbonyl (C=O) groups is 1. The zero-order valence-electron chi connectivity index (χ0n) is 14.2. The first-order valence-corrected chi connectivity index (χ1v) is 9.46. The highest BCUT2D eigenvalue weighted by Gasteiger charge is 2.38. The van der Waals surface area contributed by atoms with Crippen LogP contribution in [0.4, 0.5) is 0 Å². The molecule has 130 valence electrons. The van der Waals surface area contributed by atoms with Crippen LogP contribution in [-0.4, -0.2) is 23.4 Å². The van der Waals surface area contributed by atoms with Gasteiger partial charge < -0.3 is 9.64 Å². The van der Waals surface area contributed by atoms with E-state index in [1.165, 1.54) is 11.1 Å². The molecule has 1 amide bonds. The molecule has 0 spiro atoms. The number of hydrogen-bond acceptors (Lipinski definition) is 2. The molecule has 2 aromatic carbocycles. The predicted molar refractivity (Wildman–Crippen MR) is 98.8 cm³/mol. The summed E-state index contributed by atoms with van der Waals surface area (Å²) >= 11 is 5.71. The molecule has 25 heavy (non-hydrogen) atoms. The number of ether oxygens (including phenoxy) is 1. The Balaban J connectivity index is 1.50. The topological polar surface area (TPSA) is 29.5 Å². The molecule has 2 aromatic rings. The normalized spacial score (nSPS) is 22.3. The fourth-order valence-electron chi connectivity index (χ4n) is 4.26. The number of fused-ring (bicyclic) bond motifs is 1. The number of nitrogens with zero attached hydrogens (tertiary/aromatic N) is 1. The Kier molecular flexibility index (Phi) is 4.67. The van der Waals surface area contributed by atoms with Crippen LogP contribution in [0.3, 0.4) is 0 Å². The van der Waals surface area contributed by atoms with Gasteiger partial charge in [0.25, 0.3) is 0 Å². The highest BCUT2D eigenvalue weighted by Crippen LogP contribution is 2.39. The maximum Gasteiger partial charge on any atom is 0.226 e. The molecule has 0 N–H and O–H groups in total. The molecular weight excluding hydrogens is 334 g/mol. The van der Waals surface area contributed by atoms with Crippen LogP contribution >= 0.6 is 11.6 Å². The summed E-state index contributed by atoms with van der Waals surface area (Å²) in [5.74, 6) is 1.10. The third-order valence-corrected chi connectivity index (χ3v) is 5.59. The lowest BCUT2D eigenvalue weighted by Crippen LogP contribution is -2.31. The van der Waals surface area contributed by atoms with Crippen LogP contribution in [0, 0.1) is 5.92 Å². The second kappa shape index (κ2) is 7.09. The van der Waals surface area contributed by atoms with Gasteiger partial charge in [-0.2, -0.15) is 0 Å². The molecule has 1 aliphatic heterocycles. The second-order valence-corrected chi connectivity index (χ2v) is 7.05. The number of benzene rings is 2. The SMILES string of the molecule is O=C1C(Cc2ccccc2OCCl)CCN1C1CCc2ccccc21. The van der Waals surface area contributed by atoms with Crippen molar-refractivity contribution in [1.29, 1.82) is 0 Å². The van der Waals surface area contributed by atoms with Crippen molar-refractivity contribution >= 4 is 17.5 Å². The van der Waals surface area contributed by atoms with Gasteiger partial charge in [0.1, 0.15) is 5.75 Å². The number of likely N-dealkylation sites (tertiary alicyclic amines) is 1. The minimum Gasteiger partial charge on any atom is -0.478 e. The van der Waals surface area contributed by atoms with Gasteiger partial charge in [-0.15, -0.1) is 0 Å². The first kappa shape index (κ1) is 16.5. The molecule has 0 radical (unpaired) electrons. The largest absolute Gasteiger partial charge is 0.478 e. The van der Waals surface area contributed by atoms with E-state index in [1.807, 2.05) is 24.3 Å². The van der Waals surface area contributed by atoms with Gasteiger partial charge in [0.2, 0.25) is 5.91 Å². The Morgan fingerprint density at radius 1 is 1.08 bits per heavy atom. The van der Waals surface area contributed by atoms with E-state index in [4.69, 9.17) is 16.3 Å². The maximum atomic E-state index is 13.0. The number of rotatable bonds is 5. The smallest absolute Gasteiger partial charge is 0.226 e. The third-order valence-electron chi connectivity index (χ3n) is 5.48. The van der Waals surface area contributed by atoms with Crippen molar-refractivity contribution in [2.24, 2.45) is 5.92 Å². The van der Waals surface area contributed by atoms with Gasteiger partial charge in [0.15, 0.2) is 6.07 Å². The Hall–Kier alpha value is -2.00. The minimum absolute atomic E-state index is 0.0350. The fraction of sp³-hybridized carbons (Fsp3) is 0.381. The summed E-state index contributed by atoms with van der Waals surface area (Å²) < 4.78 is 5.50. The molecule has 0 saturated carbocycles. The molecule has 1 aliphatic carbocycles. The predicted octanol–water partition coefficient (Wildman–Crippen LogP) is 4.34. The van der Waals surface area contributed by atoms with Gasteiger partial charge in [0, 0.05) is 12.5 Å². The van der Waals surface area contributed by atoms with E-state index in [-0.39, 0.29) is 23.9 Å². The average Bonchev–Trinajstić information content (AvgIpc) is 3.21. The standard InChI is InChI=1S/C21H22ClNO2/c22-14-25-20-8-4-2-6-16(20)13-17-11-12-23(21(17)24)19-10-9-15-5-1-3-7-18(15)19/h1-8,17,19H,9-14H2. The van der Waals surface area contributed by atoms with Crippen LogP contribution in [0.15, 0.2) is 48.5 Å². The van der Waals surface area contributed by atoms with E-state index in [9.17, 15) is 4.79 Å². The first-order chi connectivity index (χ1) is 12.3. The number of aryl methyl sites for hydroxylation is 1. The van der Waals surface area contributed by atoms with Crippen molar-refractivity contribution in [3.8, 4) is 5.75 Å². The molecule has 3 nitrogen and oxygen atoms in total. The van der Waals surface area contributed by atoms with Crippen molar-refractivity contribution < 1.29 is 9.53 Å². The summed E-state index contributed by atoms with van der Waals surface area (Å²) in [5, 5.41) is 0. The first-order valence-electron chi connectivity index (χ1n) is 8.93. The van der Waals surface area contributed by atoms with E-state index < -0.39 is 0 Å². The minimum atomic E-state index is 0.0350. The van der Waals surface area contributed by atoms with Crippen LogP contribution in [0.5, 0.6) is 5.75 Å². The monoisotopic (exact) mass is 355 g/mol. The van der Waals surface area contributed by atoms with Crippen LogP contribution in [0.2, 0.25) is 0 Å². The molecule has 1 heterocycles. The van der Waals surface area contributed by atoms with Gasteiger partial charge in [0.05, 0.1) is 6.04 Å². The van der Waals surface area contributed by atoms with Gasteiger partial charge in [-0.1, -0.05) is 54.1 Å². The Morgan fingerprint density at radius 3 is 2.76 bits per heavy atom. The molecule has 1 saturated heterocycles. The average molecular weight is 356 g/mol. The van der Waals surface area contributed by atoms with Gasteiger partial charge in [-0.05, 0) is 48.4 Å². The number of halogens is 1. The summed E-state index contributed by atoms with van der Waals surface area (Å²) in [4.78, 5) is 15.1. The molecule has 0 aromatic heterocycles. The van der Waals surface area contributed by atoms with E-state index in [2.05, 4.69) is 29.2 Å². The van der Waals surface area contributed by atoms with Crippen LogP contribution in [0.25, 0.3) is 0 Å². The molecule has 4 rings (SSSR count). The lowest BCUT2D eigenvalue weighted by molar-refractivity contribution is -0.133. The number of alkyl halides is 1. The molecule has 2 aliphatic rings. The fourth-order valence-corrected chi connectivity index (χ4v) is 4.38. The summed E-state index contributed by atoms with van der Waals surface area (Å²) in [6.45, 7) is 0.848. The quantitative estimate of drug-likeness (QED) is 0.747. The van der Waals surface area contributed by atoms with Gasteiger partial charge in [-0.3, -0.25) is 4.79 Å². The maximum absolute atomic E-state index is 13.0. The van der Waals surface area contributed by atoms with E-state index in [1.54, 1.807) is 0 Å². The highest BCUT2D eigenvalue weighted by atomic mass is 35.5. The van der Waals surface area contributed by atoms with Crippen LogP contribution in [-0.2, 0) is 17.6 Å². The zero-order valence-corrected chi connectivity index (χ0v) is 14.9. The number of carbonyl (C=O) groups excluding carboxylic acids is 1. The van der Waals surface area contributed by atoms with E-state index >= 15 is 0 Å². The van der Waals surface area contributed by atoms with Crippen molar-refractivity contribution in [3.63, 3.8) is 0 Å². The number of hydrogen-bond donors (Lipinski definition) is 0. The van der Waals surface area contributed by atoms with Crippen molar-refractivity contribution in [2.75, 3.05) is 12.6 Å². The van der Waals surface area contributed by atoms with Gasteiger partial charge >= 0.3 is 0 Å². The zero-order chi connectivity index (χ0) is 17.2. The van der Waals surface area contributed by atoms with E-state index in [0.717, 1.165) is 43.5 Å². The van der Waals surface area contributed by atoms with Gasteiger partial charge in [-0.25, -0.2) is 0 Å². The lowest BCUT2D eigenvalue weighted by Gasteiger charge is -2.25. The van der Waals surface area contributed by atoms with E-state index in [0.29, 0.717) is 0 Å².